The van der Waals surface area contributed by atoms with Crippen LogP contribution in [0.2, 0.25) is 0 Å². The maximum Gasteiger partial charge on any atom is 0.225 e. The number of amides is 2. The van der Waals surface area contributed by atoms with Crippen molar-refractivity contribution in [3.05, 3.63) is 35.9 Å². The molecule has 0 heterocycles. The second kappa shape index (κ2) is 10.0. The normalized spacial score (nSPS) is 12.0. The van der Waals surface area contributed by atoms with E-state index in [0.717, 1.165) is 5.56 Å². The van der Waals surface area contributed by atoms with Crippen LogP contribution in [0, 0.1) is 5.92 Å². The van der Waals surface area contributed by atoms with E-state index in [1.165, 1.54) is 6.92 Å². The molecule has 1 N–H and O–H groups in total. The highest BCUT2D eigenvalue weighted by molar-refractivity contribution is 5.79. The minimum absolute atomic E-state index is 0.0263. The summed E-state index contributed by atoms with van der Waals surface area (Å²) in [6, 6.07) is 9.28. The van der Waals surface area contributed by atoms with Crippen LogP contribution < -0.4 is 5.32 Å². The zero-order valence-corrected chi connectivity index (χ0v) is 14.5. The van der Waals surface area contributed by atoms with Crippen LogP contribution >= 0.6 is 0 Å². The molecule has 1 rings (SSSR count). The first-order valence-electron chi connectivity index (χ1n) is 8.02. The Kier molecular flexibility index (Phi) is 8.33. The summed E-state index contributed by atoms with van der Waals surface area (Å²) in [5.41, 5.74) is 0.937. The van der Waals surface area contributed by atoms with Gasteiger partial charge in [0.1, 0.15) is 0 Å². The molecule has 0 aliphatic rings. The number of carbonyl (C=O) groups excluding carboxylic acids is 2. The third kappa shape index (κ3) is 7.28. The zero-order valence-electron chi connectivity index (χ0n) is 14.5. The van der Waals surface area contributed by atoms with Gasteiger partial charge in [0.2, 0.25) is 11.8 Å². The molecule has 1 unspecified atom stereocenters. The van der Waals surface area contributed by atoms with Crippen molar-refractivity contribution in [1.29, 1.82) is 0 Å². The van der Waals surface area contributed by atoms with E-state index in [4.69, 9.17) is 4.74 Å². The minimum Gasteiger partial charge on any atom is -0.383 e. The Bertz CT molecular complexity index is 488. The van der Waals surface area contributed by atoms with Gasteiger partial charge in [-0.2, -0.15) is 0 Å². The van der Waals surface area contributed by atoms with E-state index in [9.17, 15) is 9.59 Å². The molecular weight excluding hydrogens is 292 g/mol. The van der Waals surface area contributed by atoms with Crippen LogP contribution in [0.4, 0.5) is 0 Å². The molecule has 5 nitrogen and oxygen atoms in total. The van der Waals surface area contributed by atoms with Gasteiger partial charge in [0.25, 0.3) is 0 Å². The molecule has 23 heavy (non-hydrogen) atoms. The molecule has 0 saturated carbocycles. The molecule has 0 fully saturated rings. The van der Waals surface area contributed by atoms with Crippen molar-refractivity contribution in [2.75, 3.05) is 26.8 Å². The molecular formula is C18H28N2O3. The average Bonchev–Trinajstić information content (AvgIpc) is 2.50. The van der Waals surface area contributed by atoms with Crippen molar-refractivity contribution in [3.63, 3.8) is 0 Å². The first-order valence-corrected chi connectivity index (χ1v) is 8.02. The number of benzene rings is 1. The SMILES string of the molecule is COCCN(CC(C)C)C(=O)CC(NC(C)=O)c1ccccc1. The highest BCUT2D eigenvalue weighted by Crippen LogP contribution is 2.18. The molecule has 0 bridgehead atoms. The van der Waals surface area contributed by atoms with Gasteiger partial charge < -0.3 is 15.0 Å². The highest BCUT2D eigenvalue weighted by Gasteiger charge is 2.21. The Morgan fingerprint density at radius 2 is 1.87 bits per heavy atom. The van der Waals surface area contributed by atoms with Gasteiger partial charge in [-0.1, -0.05) is 44.2 Å². The van der Waals surface area contributed by atoms with Crippen molar-refractivity contribution >= 4 is 11.8 Å². The Balaban J connectivity index is 2.82. The van der Waals surface area contributed by atoms with Crippen LogP contribution in [0.3, 0.4) is 0 Å². The van der Waals surface area contributed by atoms with Crippen LogP contribution in [0.15, 0.2) is 30.3 Å². The Morgan fingerprint density at radius 1 is 1.22 bits per heavy atom. The summed E-state index contributed by atoms with van der Waals surface area (Å²) in [5.74, 6) is 0.268. The summed E-state index contributed by atoms with van der Waals surface area (Å²) >= 11 is 0. The van der Waals surface area contributed by atoms with Crippen LogP contribution in [0.1, 0.15) is 38.8 Å². The second-order valence-electron chi connectivity index (χ2n) is 6.09. The lowest BCUT2D eigenvalue weighted by atomic mass is 10.0. The molecule has 0 aliphatic heterocycles. The number of hydrogen-bond donors (Lipinski definition) is 1. The van der Waals surface area contributed by atoms with Gasteiger partial charge >= 0.3 is 0 Å². The molecule has 1 atom stereocenters. The summed E-state index contributed by atoms with van der Waals surface area (Å²) in [6.07, 6.45) is 0.250. The maximum absolute atomic E-state index is 12.7. The topological polar surface area (TPSA) is 58.6 Å². The van der Waals surface area contributed by atoms with Gasteiger partial charge in [-0.3, -0.25) is 9.59 Å². The molecule has 0 radical (unpaired) electrons. The van der Waals surface area contributed by atoms with Crippen molar-refractivity contribution in [2.24, 2.45) is 5.92 Å². The number of methoxy groups -OCH3 is 1. The van der Waals surface area contributed by atoms with E-state index in [1.807, 2.05) is 35.2 Å². The molecule has 0 aromatic heterocycles. The third-order valence-corrected chi connectivity index (χ3v) is 3.46. The van der Waals surface area contributed by atoms with Crippen LogP contribution in [-0.4, -0.2) is 43.5 Å². The van der Waals surface area contributed by atoms with Crippen molar-refractivity contribution in [2.45, 2.75) is 33.2 Å². The van der Waals surface area contributed by atoms with E-state index < -0.39 is 0 Å². The van der Waals surface area contributed by atoms with Gasteiger partial charge in [-0.15, -0.1) is 0 Å². The summed E-state index contributed by atoms with van der Waals surface area (Å²) in [7, 11) is 1.63. The maximum atomic E-state index is 12.7. The van der Waals surface area contributed by atoms with Gasteiger partial charge in [-0.25, -0.2) is 0 Å². The van der Waals surface area contributed by atoms with Crippen molar-refractivity contribution in [3.8, 4) is 0 Å². The van der Waals surface area contributed by atoms with Crippen molar-refractivity contribution < 1.29 is 14.3 Å². The number of nitrogens with zero attached hydrogens (tertiary/aromatic N) is 1. The minimum atomic E-state index is -0.307. The fourth-order valence-corrected chi connectivity index (χ4v) is 2.45. The first kappa shape index (κ1) is 19.2. The fraction of sp³-hybridized carbons (Fsp3) is 0.556. The first-order chi connectivity index (χ1) is 10.9. The van der Waals surface area contributed by atoms with Gasteiger partial charge in [-0.05, 0) is 11.5 Å². The van der Waals surface area contributed by atoms with Gasteiger partial charge in [0.15, 0.2) is 0 Å². The lowest BCUT2D eigenvalue weighted by Crippen LogP contribution is -2.39. The highest BCUT2D eigenvalue weighted by atomic mass is 16.5. The van der Waals surface area contributed by atoms with Crippen LogP contribution in [0.25, 0.3) is 0 Å². The number of rotatable bonds is 9. The van der Waals surface area contributed by atoms with Gasteiger partial charge in [0, 0.05) is 27.1 Å². The monoisotopic (exact) mass is 320 g/mol. The quantitative estimate of drug-likeness (QED) is 0.760. The molecule has 1 aromatic rings. The lowest BCUT2D eigenvalue weighted by molar-refractivity contribution is -0.133. The lowest BCUT2D eigenvalue weighted by Gasteiger charge is -2.27. The summed E-state index contributed by atoms with van der Waals surface area (Å²) in [5, 5.41) is 2.87. The Hall–Kier alpha value is -1.88. The molecule has 0 aliphatic carbocycles. The number of carbonyl (C=O) groups is 2. The van der Waals surface area contributed by atoms with E-state index in [-0.39, 0.29) is 24.3 Å². The summed E-state index contributed by atoms with van der Waals surface area (Å²) in [6.45, 7) is 7.38. The Labute approximate surface area is 139 Å². The summed E-state index contributed by atoms with van der Waals surface area (Å²) in [4.78, 5) is 26.0. The third-order valence-electron chi connectivity index (χ3n) is 3.46. The largest absolute Gasteiger partial charge is 0.383 e. The fourth-order valence-electron chi connectivity index (χ4n) is 2.45. The summed E-state index contributed by atoms with van der Waals surface area (Å²) < 4.78 is 5.09. The van der Waals surface area contributed by atoms with E-state index in [2.05, 4.69) is 19.2 Å². The van der Waals surface area contributed by atoms with Gasteiger partial charge in [0.05, 0.1) is 19.1 Å². The van der Waals surface area contributed by atoms with Crippen LogP contribution in [-0.2, 0) is 14.3 Å². The second-order valence-corrected chi connectivity index (χ2v) is 6.09. The average molecular weight is 320 g/mol. The Morgan fingerprint density at radius 3 is 2.39 bits per heavy atom. The molecule has 5 heteroatoms. The predicted molar refractivity (Wildman–Crippen MR) is 90.9 cm³/mol. The molecule has 1 aromatic carbocycles. The molecule has 0 spiro atoms. The molecule has 0 saturated heterocycles. The number of hydrogen-bond acceptors (Lipinski definition) is 3. The number of nitrogens with one attached hydrogen (secondary N) is 1. The molecule has 128 valence electrons. The van der Waals surface area contributed by atoms with E-state index in [1.54, 1.807) is 7.11 Å². The van der Waals surface area contributed by atoms with Crippen LogP contribution in [0.5, 0.6) is 0 Å². The van der Waals surface area contributed by atoms with E-state index in [0.29, 0.717) is 25.6 Å². The number of ether oxygens (including phenoxy) is 1. The smallest absolute Gasteiger partial charge is 0.225 e. The van der Waals surface area contributed by atoms with Crippen molar-refractivity contribution in [1.82, 2.24) is 10.2 Å². The van der Waals surface area contributed by atoms with E-state index >= 15 is 0 Å². The molecule has 2 amide bonds. The predicted octanol–water partition coefficient (Wildman–Crippen LogP) is 2.38. The standard InChI is InChI=1S/C18H28N2O3/c1-14(2)13-20(10-11-23-4)18(22)12-17(19-15(3)21)16-8-6-5-7-9-16/h5-9,14,17H,10-13H2,1-4H3,(H,19,21). The zero-order chi connectivity index (χ0) is 17.2.